The fourth-order valence-corrected chi connectivity index (χ4v) is 5.76. The Labute approximate surface area is 233 Å². The number of hydrogen-bond acceptors (Lipinski definition) is 6. The van der Waals surface area contributed by atoms with Gasteiger partial charge in [0.1, 0.15) is 11.4 Å². The van der Waals surface area contributed by atoms with E-state index in [9.17, 15) is 19.5 Å². The van der Waals surface area contributed by atoms with Crippen LogP contribution >= 0.6 is 11.3 Å². The summed E-state index contributed by atoms with van der Waals surface area (Å²) in [5.41, 5.74) is 2.43. The van der Waals surface area contributed by atoms with Crippen molar-refractivity contribution in [3.63, 3.8) is 0 Å². The summed E-state index contributed by atoms with van der Waals surface area (Å²) in [5, 5.41) is 19.7. The Morgan fingerprint density at radius 2 is 1.87 bits per heavy atom. The average molecular weight is 554 g/mol. The molecule has 1 fully saturated rings. The summed E-state index contributed by atoms with van der Waals surface area (Å²) >= 11 is 1.50. The van der Waals surface area contributed by atoms with Gasteiger partial charge in [-0.05, 0) is 54.7 Å². The summed E-state index contributed by atoms with van der Waals surface area (Å²) in [5.74, 6) is 0.181. The van der Waals surface area contributed by atoms with Crippen molar-refractivity contribution in [3.05, 3.63) is 46.4 Å². The molecule has 4 rings (SSSR count). The molecule has 3 N–H and O–H groups in total. The monoisotopic (exact) mass is 553 g/mol. The van der Waals surface area contributed by atoms with Crippen molar-refractivity contribution >= 4 is 34.7 Å². The number of aliphatic hydroxyl groups excluding tert-OH is 1. The lowest BCUT2D eigenvalue weighted by molar-refractivity contribution is -0.135. The van der Waals surface area contributed by atoms with Gasteiger partial charge in [0, 0.05) is 42.7 Å². The van der Waals surface area contributed by atoms with E-state index >= 15 is 0 Å². The van der Waals surface area contributed by atoms with E-state index in [0.717, 1.165) is 18.4 Å². The fourth-order valence-electron chi connectivity index (χ4n) is 5.12. The number of imidazole rings is 1. The minimum Gasteiger partial charge on any atom is -0.394 e. The van der Waals surface area contributed by atoms with Crippen LogP contribution in [0.2, 0.25) is 0 Å². The molecule has 3 aromatic rings. The lowest BCUT2D eigenvalue weighted by Crippen LogP contribution is -2.43. The Morgan fingerprint density at radius 1 is 1.13 bits per heavy atom. The topological polar surface area (TPSA) is 116 Å². The Hall–Kier alpha value is -3.24. The number of carbonyl (C=O) groups excluding carboxylic acids is 3. The predicted octanol–water partition coefficient (Wildman–Crippen LogP) is 3.82. The standard InChI is InChI=1S/C29H39N5O4S/c1-18(2)14-22(16-35)31-28(37)25-24(21-9-13-39-17-21)32-26-23(6-5-10-34(25)26)27(36)30-15-20-7-11-33(12-8-20)29(38)19(3)4/h5-6,9-10,13,17-20,22,35H,7-8,11-12,14-16H2,1-4H3,(H,30,36)(H,31,37)/t22-/m0/s1. The molecule has 3 aromatic heterocycles. The third-order valence-corrected chi connectivity index (χ3v) is 7.87. The maximum Gasteiger partial charge on any atom is 0.270 e. The Balaban J connectivity index is 1.54. The molecule has 1 atom stereocenters. The summed E-state index contributed by atoms with van der Waals surface area (Å²) < 4.78 is 1.66. The van der Waals surface area contributed by atoms with E-state index in [1.54, 1.807) is 22.7 Å². The van der Waals surface area contributed by atoms with Crippen molar-refractivity contribution in [2.24, 2.45) is 17.8 Å². The van der Waals surface area contributed by atoms with Gasteiger partial charge in [-0.15, -0.1) is 0 Å². The molecule has 0 aromatic carbocycles. The number of hydrogen-bond donors (Lipinski definition) is 3. The second-order valence-corrected chi connectivity index (χ2v) is 11.8. The SMILES string of the molecule is CC(C)C[C@@H](CO)NC(=O)c1c(-c2ccsc2)nc2c(C(=O)NCC3CCN(C(=O)C(C)C)CC3)cccn12. The van der Waals surface area contributed by atoms with E-state index in [0.29, 0.717) is 60.5 Å². The van der Waals surface area contributed by atoms with E-state index < -0.39 is 0 Å². The second-order valence-electron chi connectivity index (χ2n) is 11.1. The van der Waals surface area contributed by atoms with Gasteiger partial charge in [-0.1, -0.05) is 27.7 Å². The van der Waals surface area contributed by atoms with Crippen LogP contribution in [0.5, 0.6) is 0 Å². The zero-order chi connectivity index (χ0) is 28.1. The minimum atomic E-state index is -0.382. The smallest absolute Gasteiger partial charge is 0.270 e. The van der Waals surface area contributed by atoms with E-state index in [4.69, 9.17) is 4.98 Å². The van der Waals surface area contributed by atoms with E-state index in [2.05, 4.69) is 10.6 Å². The van der Waals surface area contributed by atoms with Gasteiger partial charge in [0.2, 0.25) is 5.91 Å². The molecule has 1 saturated heterocycles. The van der Waals surface area contributed by atoms with Crippen LogP contribution in [0.25, 0.3) is 16.9 Å². The molecule has 0 aliphatic carbocycles. The predicted molar refractivity (Wildman–Crippen MR) is 153 cm³/mol. The van der Waals surface area contributed by atoms with E-state index in [-0.39, 0.29) is 36.3 Å². The van der Waals surface area contributed by atoms with Crippen LogP contribution in [0.4, 0.5) is 0 Å². The quantitative estimate of drug-likeness (QED) is 0.353. The highest BCUT2D eigenvalue weighted by Gasteiger charge is 2.27. The first-order chi connectivity index (χ1) is 18.7. The number of nitrogens with zero attached hydrogens (tertiary/aromatic N) is 3. The molecule has 0 radical (unpaired) electrons. The maximum absolute atomic E-state index is 13.5. The molecule has 1 aliphatic rings. The molecular weight excluding hydrogens is 514 g/mol. The number of pyridine rings is 1. The van der Waals surface area contributed by atoms with Crippen molar-refractivity contribution in [1.82, 2.24) is 24.9 Å². The molecule has 0 spiro atoms. The van der Waals surface area contributed by atoms with Crippen LogP contribution in [0.15, 0.2) is 35.2 Å². The molecule has 0 bridgehead atoms. The highest BCUT2D eigenvalue weighted by molar-refractivity contribution is 7.08. The molecule has 9 nitrogen and oxygen atoms in total. The first-order valence-electron chi connectivity index (χ1n) is 13.7. The second kappa shape index (κ2) is 12.7. The first kappa shape index (κ1) is 28.8. The van der Waals surface area contributed by atoms with Gasteiger partial charge < -0.3 is 20.6 Å². The number of aromatic nitrogens is 2. The molecule has 210 valence electrons. The van der Waals surface area contributed by atoms with Crippen molar-refractivity contribution in [1.29, 1.82) is 0 Å². The number of rotatable bonds is 10. The number of aliphatic hydroxyl groups is 1. The molecule has 3 amide bonds. The van der Waals surface area contributed by atoms with Gasteiger partial charge in [0.15, 0.2) is 5.65 Å². The van der Waals surface area contributed by atoms with E-state index in [1.807, 2.05) is 49.4 Å². The van der Waals surface area contributed by atoms with E-state index in [1.165, 1.54) is 11.3 Å². The Kier molecular flexibility index (Phi) is 9.40. The molecule has 4 heterocycles. The third-order valence-electron chi connectivity index (χ3n) is 7.19. The summed E-state index contributed by atoms with van der Waals surface area (Å²) in [4.78, 5) is 45.8. The normalized spacial score (nSPS) is 15.2. The lowest BCUT2D eigenvalue weighted by atomic mass is 9.96. The van der Waals surface area contributed by atoms with Crippen LogP contribution in [0, 0.1) is 17.8 Å². The Bertz CT molecular complexity index is 1290. The van der Waals surface area contributed by atoms with Gasteiger partial charge in [0.25, 0.3) is 11.8 Å². The first-order valence-corrected chi connectivity index (χ1v) is 14.7. The van der Waals surface area contributed by atoms with Crippen LogP contribution in [0.1, 0.15) is 67.8 Å². The van der Waals surface area contributed by atoms with Gasteiger partial charge in [-0.25, -0.2) is 4.98 Å². The average Bonchev–Trinajstić information content (AvgIpc) is 3.58. The summed E-state index contributed by atoms with van der Waals surface area (Å²) in [6.45, 7) is 9.69. The van der Waals surface area contributed by atoms with Crippen molar-refractivity contribution < 1.29 is 19.5 Å². The Morgan fingerprint density at radius 3 is 2.49 bits per heavy atom. The molecule has 10 heteroatoms. The number of nitrogens with one attached hydrogen (secondary N) is 2. The molecular formula is C29H39N5O4S. The number of fused-ring (bicyclic) bond motifs is 1. The van der Waals surface area contributed by atoms with Crippen molar-refractivity contribution in [3.8, 4) is 11.3 Å². The van der Waals surface area contributed by atoms with Crippen LogP contribution in [-0.2, 0) is 4.79 Å². The lowest BCUT2D eigenvalue weighted by Gasteiger charge is -2.33. The minimum absolute atomic E-state index is 0.00744. The number of amides is 3. The highest BCUT2D eigenvalue weighted by atomic mass is 32.1. The van der Waals surface area contributed by atoms with Crippen molar-refractivity contribution in [2.75, 3.05) is 26.2 Å². The van der Waals surface area contributed by atoms with Crippen LogP contribution in [0.3, 0.4) is 0 Å². The highest BCUT2D eigenvalue weighted by Crippen LogP contribution is 2.28. The number of piperidine rings is 1. The summed E-state index contributed by atoms with van der Waals surface area (Å²) in [7, 11) is 0. The van der Waals surface area contributed by atoms with Gasteiger partial charge in [-0.2, -0.15) is 11.3 Å². The molecule has 0 unspecified atom stereocenters. The number of carbonyl (C=O) groups is 3. The maximum atomic E-state index is 13.5. The van der Waals surface area contributed by atoms with Gasteiger partial charge >= 0.3 is 0 Å². The molecule has 1 aliphatic heterocycles. The number of likely N-dealkylation sites (tertiary alicyclic amines) is 1. The molecule has 39 heavy (non-hydrogen) atoms. The largest absolute Gasteiger partial charge is 0.394 e. The summed E-state index contributed by atoms with van der Waals surface area (Å²) in [6.07, 6.45) is 4.08. The van der Waals surface area contributed by atoms with Crippen LogP contribution in [-0.4, -0.2) is 69.4 Å². The zero-order valence-corrected chi connectivity index (χ0v) is 24.0. The fraction of sp³-hybridized carbons (Fsp3) is 0.517. The zero-order valence-electron chi connectivity index (χ0n) is 23.1. The summed E-state index contributed by atoms with van der Waals surface area (Å²) in [6, 6.07) is 4.98. The van der Waals surface area contributed by atoms with Gasteiger partial charge in [-0.3, -0.25) is 18.8 Å². The van der Waals surface area contributed by atoms with Crippen LogP contribution < -0.4 is 10.6 Å². The molecule has 0 saturated carbocycles. The van der Waals surface area contributed by atoms with Crippen molar-refractivity contribution in [2.45, 2.75) is 53.0 Å². The third kappa shape index (κ3) is 6.67. The van der Waals surface area contributed by atoms with Gasteiger partial charge in [0.05, 0.1) is 18.2 Å². The number of thiophene rings is 1.